The van der Waals surface area contributed by atoms with Gasteiger partial charge >= 0.3 is 0 Å². The second-order valence-electron chi connectivity index (χ2n) is 6.27. The van der Waals surface area contributed by atoms with Crippen LogP contribution in [0.1, 0.15) is 5.76 Å². The maximum atomic E-state index is 13.3. The number of benzene rings is 3. The van der Waals surface area contributed by atoms with Crippen molar-refractivity contribution in [3.05, 3.63) is 90.4 Å². The molecule has 1 amide bonds. The summed E-state index contributed by atoms with van der Waals surface area (Å²) >= 11 is 0. The molecule has 1 N–H and O–H groups in total. The Balaban J connectivity index is 1.33. The number of furan rings is 1. The summed E-state index contributed by atoms with van der Waals surface area (Å²) in [6.45, 7) is -0.169. The van der Waals surface area contributed by atoms with Crippen molar-refractivity contribution in [2.75, 3.05) is 6.61 Å². The zero-order valence-electron chi connectivity index (χ0n) is 15.3. The number of fused-ring (bicyclic) bond motifs is 1. The van der Waals surface area contributed by atoms with Crippen molar-refractivity contribution in [3.8, 4) is 17.1 Å². The normalized spacial score (nSPS) is 11.1. The summed E-state index contributed by atoms with van der Waals surface area (Å²) in [6.07, 6.45) is 1.37. The van der Waals surface area contributed by atoms with Gasteiger partial charge in [0.05, 0.1) is 6.21 Å². The smallest absolute Gasteiger partial charge is 0.277 e. The Morgan fingerprint density at radius 1 is 1.03 bits per heavy atom. The molecule has 0 saturated carbocycles. The van der Waals surface area contributed by atoms with Gasteiger partial charge in [0.2, 0.25) is 0 Å². The summed E-state index contributed by atoms with van der Waals surface area (Å²) in [7, 11) is 0. The number of carbonyl (C=O) groups excluding carboxylic acids is 1. The van der Waals surface area contributed by atoms with Crippen LogP contribution in [0.15, 0.2) is 88.4 Å². The number of nitrogens with one attached hydrogen (secondary N) is 1. The molecule has 1 heterocycles. The van der Waals surface area contributed by atoms with Gasteiger partial charge in [-0.25, -0.2) is 9.82 Å². The van der Waals surface area contributed by atoms with E-state index in [1.54, 1.807) is 24.3 Å². The minimum Gasteiger partial charge on any atom is -0.483 e. The SMILES string of the molecule is O=C(COc1cccc2ccccc12)N/N=C/c1ccc(-c2cccc(F)c2)o1. The molecule has 0 aliphatic heterocycles. The van der Waals surface area contributed by atoms with Gasteiger partial charge in [-0.1, -0.05) is 48.5 Å². The third kappa shape index (κ3) is 4.50. The van der Waals surface area contributed by atoms with Crippen LogP contribution in [0.4, 0.5) is 4.39 Å². The molecule has 3 aromatic carbocycles. The number of amides is 1. The van der Waals surface area contributed by atoms with Crippen molar-refractivity contribution in [2.45, 2.75) is 0 Å². The Hall–Kier alpha value is -3.93. The average Bonchev–Trinajstić information content (AvgIpc) is 3.21. The third-order valence-electron chi connectivity index (χ3n) is 4.23. The Labute approximate surface area is 166 Å². The van der Waals surface area contributed by atoms with Gasteiger partial charge in [-0.2, -0.15) is 5.10 Å². The fourth-order valence-electron chi connectivity index (χ4n) is 2.88. The van der Waals surface area contributed by atoms with E-state index in [1.807, 2.05) is 42.5 Å². The minimum absolute atomic E-state index is 0.169. The molecule has 4 aromatic rings. The quantitative estimate of drug-likeness (QED) is 0.382. The first-order valence-electron chi connectivity index (χ1n) is 8.97. The van der Waals surface area contributed by atoms with Gasteiger partial charge in [0.25, 0.3) is 5.91 Å². The molecule has 29 heavy (non-hydrogen) atoms. The standard InChI is InChI=1S/C23H17FN2O3/c24-18-8-3-7-17(13-18)21-12-11-19(29-21)14-25-26-23(27)15-28-22-10-4-6-16-5-1-2-9-20(16)22/h1-14H,15H2,(H,26,27)/b25-14+. The first kappa shape index (κ1) is 18.4. The van der Waals surface area contributed by atoms with Crippen LogP contribution in [0.25, 0.3) is 22.1 Å². The Bertz CT molecular complexity index is 1180. The van der Waals surface area contributed by atoms with E-state index in [2.05, 4.69) is 10.5 Å². The summed E-state index contributed by atoms with van der Waals surface area (Å²) in [6, 6.07) is 22.9. The van der Waals surface area contributed by atoms with Gasteiger partial charge in [0, 0.05) is 10.9 Å². The molecule has 0 spiro atoms. The second kappa shape index (κ2) is 8.39. The van der Waals surface area contributed by atoms with Crippen LogP contribution < -0.4 is 10.2 Å². The van der Waals surface area contributed by atoms with Gasteiger partial charge in [-0.3, -0.25) is 4.79 Å². The highest BCUT2D eigenvalue weighted by Gasteiger charge is 2.06. The van der Waals surface area contributed by atoms with E-state index >= 15 is 0 Å². The highest BCUT2D eigenvalue weighted by atomic mass is 19.1. The summed E-state index contributed by atoms with van der Waals surface area (Å²) < 4.78 is 24.5. The van der Waals surface area contributed by atoms with Crippen LogP contribution in [0.5, 0.6) is 5.75 Å². The first-order chi connectivity index (χ1) is 14.2. The predicted molar refractivity (Wildman–Crippen MR) is 109 cm³/mol. The third-order valence-corrected chi connectivity index (χ3v) is 4.23. The lowest BCUT2D eigenvalue weighted by Gasteiger charge is -2.08. The van der Waals surface area contributed by atoms with Crippen LogP contribution in [0.3, 0.4) is 0 Å². The van der Waals surface area contributed by atoms with Crippen LogP contribution in [-0.4, -0.2) is 18.7 Å². The van der Waals surface area contributed by atoms with Crippen LogP contribution in [0, 0.1) is 5.82 Å². The van der Waals surface area contributed by atoms with Crippen molar-refractivity contribution < 1.29 is 18.3 Å². The summed E-state index contributed by atoms with van der Waals surface area (Å²) in [5.74, 6) is 0.836. The van der Waals surface area contributed by atoms with E-state index in [4.69, 9.17) is 9.15 Å². The fraction of sp³-hybridized carbons (Fsp3) is 0.0435. The van der Waals surface area contributed by atoms with Gasteiger partial charge < -0.3 is 9.15 Å². The molecule has 0 unspecified atom stereocenters. The van der Waals surface area contributed by atoms with Crippen molar-refractivity contribution in [1.29, 1.82) is 0 Å². The largest absolute Gasteiger partial charge is 0.483 e. The Kier molecular flexibility index (Phi) is 5.33. The topological polar surface area (TPSA) is 63.8 Å². The molecular weight excluding hydrogens is 371 g/mol. The van der Waals surface area contributed by atoms with Crippen molar-refractivity contribution in [2.24, 2.45) is 5.10 Å². The lowest BCUT2D eigenvalue weighted by atomic mass is 10.1. The predicted octanol–water partition coefficient (Wildman–Crippen LogP) is 4.77. The second-order valence-corrected chi connectivity index (χ2v) is 6.27. The number of carbonyl (C=O) groups is 1. The summed E-state index contributed by atoms with van der Waals surface area (Å²) in [5, 5.41) is 5.84. The molecule has 6 heteroatoms. The van der Waals surface area contributed by atoms with Gasteiger partial charge in [-0.15, -0.1) is 0 Å². The summed E-state index contributed by atoms with van der Waals surface area (Å²) in [5.41, 5.74) is 3.02. The van der Waals surface area contributed by atoms with Gasteiger partial charge in [0.15, 0.2) is 6.61 Å². The number of nitrogens with zero attached hydrogens (tertiary/aromatic N) is 1. The molecule has 0 radical (unpaired) electrons. The van der Waals surface area contributed by atoms with Crippen molar-refractivity contribution >= 4 is 22.9 Å². The lowest BCUT2D eigenvalue weighted by molar-refractivity contribution is -0.123. The monoisotopic (exact) mass is 388 g/mol. The molecule has 0 aliphatic carbocycles. The molecule has 1 aromatic heterocycles. The average molecular weight is 388 g/mol. The van der Waals surface area contributed by atoms with Crippen LogP contribution >= 0.6 is 0 Å². The number of rotatable bonds is 6. The van der Waals surface area contributed by atoms with Crippen LogP contribution in [-0.2, 0) is 4.79 Å². The molecule has 5 nitrogen and oxygen atoms in total. The van der Waals surface area contributed by atoms with E-state index in [0.717, 1.165) is 10.8 Å². The van der Waals surface area contributed by atoms with Crippen molar-refractivity contribution in [1.82, 2.24) is 5.43 Å². The zero-order chi connectivity index (χ0) is 20.1. The highest BCUT2D eigenvalue weighted by Crippen LogP contribution is 2.25. The van der Waals surface area contributed by atoms with E-state index in [-0.39, 0.29) is 12.4 Å². The zero-order valence-corrected chi connectivity index (χ0v) is 15.3. The van der Waals surface area contributed by atoms with Gasteiger partial charge in [0.1, 0.15) is 23.1 Å². The maximum absolute atomic E-state index is 13.3. The van der Waals surface area contributed by atoms with E-state index in [1.165, 1.54) is 18.3 Å². The molecule has 0 bridgehead atoms. The molecular formula is C23H17FN2O3. The number of hydrazone groups is 1. The molecule has 4 rings (SSSR count). The molecule has 0 aliphatic rings. The van der Waals surface area contributed by atoms with Gasteiger partial charge in [-0.05, 0) is 35.7 Å². The molecule has 0 fully saturated rings. The highest BCUT2D eigenvalue weighted by molar-refractivity contribution is 5.88. The maximum Gasteiger partial charge on any atom is 0.277 e. The Morgan fingerprint density at radius 3 is 2.76 bits per heavy atom. The van der Waals surface area contributed by atoms with E-state index < -0.39 is 5.91 Å². The van der Waals surface area contributed by atoms with E-state index in [0.29, 0.717) is 22.8 Å². The first-order valence-corrected chi connectivity index (χ1v) is 8.97. The lowest BCUT2D eigenvalue weighted by Crippen LogP contribution is -2.24. The number of hydrogen-bond donors (Lipinski definition) is 1. The number of ether oxygens (including phenoxy) is 1. The fourth-order valence-corrected chi connectivity index (χ4v) is 2.88. The van der Waals surface area contributed by atoms with Crippen molar-refractivity contribution in [3.63, 3.8) is 0 Å². The van der Waals surface area contributed by atoms with Crippen LogP contribution in [0.2, 0.25) is 0 Å². The molecule has 0 atom stereocenters. The number of hydrogen-bond acceptors (Lipinski definition) is 4. The Morgan fingerprint density at radius 2 is 1.86 bits per heavy atom. The summed E-state index contributed by atoms with van der Waals surface area (Å²) in [4.78, 5) is 12.0. The molecule has 144 valence electrons. The molecule has 0 saturated heterocycles. The van der Waals surface area contributed by atoms with E-state index in [9.17, 15) is 9.18 Å². The number of halogens is 1. The minimum atomic E-state index is -0.397.